The number of Topliss-reactive ketones (excluding diaryl/α,β-unsaturated/α-hetero) is 1. The minimum atomic E-state index is -4.38. The molecule has 1 aromatic carbocycles. The molecule has 4 N–H and O–H groups in total. The fourth-order valence-corrected chi connectivity index (χ4v) is 6.14. The third kappa shape index (κ3) is 6.08. The van der Waals surface area contributed by atoms with Crippen molar-refractivity contribution in [2.75, 3.05) is 10.2 Å². The second kappa shape index (κ2) is 10.7. The maximum absolute atomic E-state index is 13.3. The summed E-state index contributed by atoms with van der Waals surface area (Å²) in [4.78, 5) is 44.6. The number of amides is 2. The number of halogens is 3. The molecule has 11 heteroatoms. The molecular weight excluding hydrogens is 523 g/mol. The summed E-state index contributed by atoms with van der Waals surface area (Å²) in [5, 5.41) is 5.81. The first-order chi connectivity index (χ1) is 18.9. The molecule has 8 nitrogen and oxygen atoms in total. The summed E-state index contributed by atoms with van der Waals surface area (Å²) in [6.07, 6.45) is 1.47. The summed E-state index contributed by atoms with van der Waals surface area (Å²) < 4.78 is 38.6. The van der Waals surface area contributed by atoms with Crippen molar-refractivity contribution in [1.29, 1.82) is 0 Å². The lowest BCUT2D eigenvalue weighted by Gasteiger charge is -2.40. The Labute approximate surface area is 230 Å². The molecule has 3 aliphatic rings. The van der Waals surface area contributed by atoms with Gasteiger partial charge in [0.2, 0.25) is 0 Å². The van der Waals surface area contributed by atoms with E-state index < -0.39 is 24.5 Å². The Bertz CT molecular complexity index is 1300. The molecule has 0 radical (unpaired) electrons. The lowest BCUT2D eigenvalue weighted by atomic mass is 9.95. The number of anilines is 2. The van der Waals surface area contributed by atoms with Crippen LogP contribution in [0.1, 0.15) is 88.5 Å². The van der Waals surface area contributed by atoms with Crippen LogP contribution < -0.4 is 21.3 Å². The third-order valence-electron chi connectivity index (χ3n) is 8.13. The number of primary amides is 1. The number of nitrogens with one attached hydrogen (secondary N) is 2. The van der Waals surface area contributed by atoms with Crippen molar-refractivity contribution in [1.82, 2.24) is 10.3 Å². The zero-order valence-corrected chi connectivity index (χ0v) is 22.6. The Balaban J connectivity index is 1.27. The van der Waals surface area contributed by atoms with Gasteiger partial charge in [-0.2, -0.15) is 13.2 Å². The van der Waals surface area contributed by atoms with Crippen LogP contribution in [-0.4, -0.2) is 52.9 Å². The zero-order chi connectivity index (χ0) is 28.8. The van der Waals surface area contributed by atoms with Crippen molar-refractivity contribution in [3.8, 4) is 0 Å². The topological polar surface area (TPSA) is 117 Å². The molecule has 2 amide bonds. The minimum absolute atomic E-state index is 0.0341. The van der Waals surface area contributed by atoms with E-state index in [1.165, 1.54) is 19.1 Å². The van der Waals surface area contributed by atoms with Gasteiger partial charge < -0.3 is 21.3 Å². The van der Waals surface area contributed by atoms with Gasteiger partial charge in [-0.1, -0.05) is 0 Å². The molecule has 1 saturated carbocycles. The first-order valence-corrected chi connectivity index (χ1v) is 13.8. The SMILES string of the molecule is Cc1cc(C(N)=O)c(NC(C)CC(F)(F)F)cc1C(=O)NC1CC2CCC(C1)N2c1ccc(C(=O)C2CC2)cn1. The summed E-state index contributed by atoms with van der Waals surface area (Å²) in [6, 6.07) is 5.90. The molecule has 2 saturated heterocycles. The number of alkyl halides is 3. The van der Waals surface area contributed by atoms with Gasteiger partial charge in [-0.25, -0.2) is 4.98 Å². The van der Waals surface area contributed by atoms with Gasteiger partial charge in [0.15, 0.2) is 5.78 Å². The average Bonchev–Trinajstić information content (AvgIpc) is 3.68. The maximum atomic E-state index is 13.3. The fraction of sp³-hybridized carbons (Fsp3) is 0.517. The highest BCUT2D eigenvalue weighted by Gasteiger charge is 2.42. The highest BCUT2D eigenvalue weighted by molar-refractivity contribution is 6.03. The van der Waals surface area contributed by atoms with Crippen molar-refractivity contribution in [3.05, 3.63) is 52.7 Å². The number of aromatic nitrogens is 1. The smallest absolute Gasteiger partial charge is 0.382 e. The molecule has 2 aromatic rings. The summed E-state index contributed by atoms with van der Waals surface area (Å²) in [6.45, 7) is 3.02. The highest BCUT2D eigenvalue weighted by Crippen LogP contribution is 2.39. The van der Waals surface area contributed by atoms with Gasteiger partial charge in [0, 0.05) is 53.1 Å². The quantitative estimate of drug-likeness (QED) is 0.383. The second-order valence-electron chi connectivity index (χ2n) is 11.4. The number of pyridine rings is 1. The summed E-state index contributed by atoms with van der Waals surface area (Å²) in [5.41, 5.74) is 7.04. The van der Waals surface area contributed by atoms with Crippen LogP contribution in [0.5, 0.6) is 0 Å². The zero-order valence-electron chi connectivity index (χ0n) is 22.6. The van der Waals surface area contributed by atoms with E-state index in [9.17, 15) is 27.6 Å². The Hall–Kier alpha value is -3.63. The third-order valence-corrected chi connectivity index (χ3v) is 8.13. The molecule has 2 aliphatic heterocycles. The molecule has 3 unspecified atom stereocenters. The molecule has 5 rings (SSSR count). The number of nitrogens with zero attached hydrogens (tertiary/aromatic N) is 2. The maximum Gasteiger partial charge on any atom is 0.391 e. The summed E-state index contributed by atoms with van der Waals surface area (Å²) in [7, 11) is 0. The Morgan fingerprint density at radius 2 is 1.75 bits per heavy atom. The number of carbonyl (C=O) groups excluding carboxylic acids is 3. The van der Waals surface area contributed by atoms with Gasteiger partial charge in [-0.3, -0.25) is 14.4 Å². The molecule has 1 aliphatic carbocycles. The normalized spacial score (nSPS) is 23.0. The van der Waals surface area contributed by atoms with Gasteiger partial charge in [0.1, 0.15) is 5.82 Å². The van der Waals surface area contributed by atoms with Crippen LogP contribution in [0.15, 0.2) is 30.5 Å². The van der Waals surface area contributed by atoms with Crippen molar-refractivity contribution in [2.24, 2.45) is 11.7 Å². The fourth-order valence-electron chi connectivity index (χ4n) is 6.14. The highest BCUT2D eigenvalue weighted by atomic mass is 19.4. The van der Waals surface area contributed by atoms with E-state index >= 15 is 0 Å². The Morgan fingerprint density at radius 3 is 2.30 bits per heavy atom. The predicted molar refractivity (Wildman–Crippen MR) is 145 cm³/mol. The van der Waals surface area contributed by atoms with E-state index in [0.717, 1.165) is 44.3 Å². The van der Waals surface area contributed by atoms with Crippen molar-refractivity contribution in [2.45, 2.75) is 89.1 Å². The van der Waals surface area contributed by atoms with E-state index in [4.69, 9.17) is 5.73 Å². The van der Waals surface area contributed by atoms with Crippen molar-refractivity contribution >= 4 is 29.1 Å². The number of benzene rings is 1. The number of rotatable bonds is 9. The van der Waals surface area contributed by atoms with E-state index in [1.807, 2.05) is 12.1 Å². The largest absolute Gasteiger partial charge is 0.391 e. The van der Waals surface area contributed by atoms with Crippen LogP contribution in [0, 0.1) is 12.8 Å². The standard InChI is InChI=1S/C29H34F3N5O3/c1-15-9-23(27(33)39)24(35-16(2)13-29(30,31)32)12-22(15)28(40)36-19-10-20-6-7-21(11-19)37(20)25-8-5-18(14-34-25)26(38)17-3-4-17/h5,8-9,12,14,16-17,19-21,35H,3-4,6-7,10-11,13H2,1-2H3,(H2,33,39)(H,36,40). The average molecular weight is 558 g/mol. The number of piperidine rings is 1. The first-order valence-electron chi connectivity index (χ1n) is 13.8. The minimum Gasteiger partial charge on any atom is -0.382 e. The van der Waals surface area contributed by atoms with Crippen molar-refractivity contribution in [3.63, 3.8) is 0 Å². The summed E-state index contributed by atoms with van der Waals surface area (Å²) in [5.74, 6) is 0.00848. The molecule has 3 heterocycles. The number of carbonyl (C=O) groups is 3. The molecule has 2 bridgehead atoms. The van der Waals surface area contributed by atoms with Crippen LogP contribution in [0.2, 0.25) is 0 Å². The lowest BCUT2D eigenvalue weighted by molar-refractivity contribution is -0.136. The molecule has 214 valence electrons. The van der Waals surface area contributed by atoms with E-state index in [1.54, 1.807) is 13.1 Å². The number of aryl methyl sites for hydroxylation is 1. The molecule has 0 spiro atoms. The van der Waals surface area contributed by atoms with Gasteiger partial charge in [-0.05, 0) is 82.2 Å². The summed E-state index contributed by atoms with van der Waals surface area (Å²) >= 11 is 0. The molecular formula is C29H34F3N5O3. The van der Waals surface area contributed by atoms with E-state index in [0.29, 0.717) is 11.1 Å². The number of hydrogen-bond acceptors (Lipinski definition) is 6. The van der Waals surface area contributed by atoms with Crippen molar-refractivity contribution < 1.29 is 27.6 Å². The van der Waals surface area contributed by atoms with Crippen LogP contribution in [-0.2, 0) is 0 Å². The van der Waals surface area contributed by atoms with Gasteiger partial charge in [0.25, 0.3) is 11.8 Å². The second-order valence-corrected chi connectivity index (χ2v) is 11.4. The molecule has 1 aromatic heterocycles. The van der Waals surface area contributed by atoms with E-state index in [-0.39, 0.29) is 52.5 Å². The number of ketones is 1. The number of nitrogens with two attached hydrogens (primary N) is 1. The molecule has 40 heavy (non-hydrogen) atoms. The van der Waals surface area contributed by atoms with Crippen LogP contribution >= 0.6 is 0 Å². The Morgan fingerprint density at radius 1 is 1.07 bits per heavy atom. The van der Waals surface area contributed by atoms with Gasteiger partial charge in [0.05, 0.1) is 12.0 Å². The number of fused-ring (bicyclic) bond motifs is 2. The van der Waals surface area contributed by atoms with Gasteiger partial charge >= 0.3 is 6.18 Å². The van der Waals surface area contributed by atoms with E-state index in [2.05, 4.69) is 20.5 Å². The van der Waals surface area contributed by atoms with Crippen LogP contribution in [0.4, 0.5) is 24.7 Å². The molecule has 3 atom stereocenters. The lowest BCUT2D eigenvalue weighted by Crippen LogP contribution is -2.50. The van der Waals surface area contributed by atoms with Gasteiger partial charge in [-0.15, -0.1) is 0 Å². The predicted octanol–water partition coefficient (Wildman–Crippen LogP) is 4.76. The van der Waals surface area contributed by atoms with Crippen LogP contribution in [0.25, 0.3) is 0 Å². The molecule has 3 fully saturated rings. The van der Waals surface area contributed by atoms with Crippen LogP contribution in [0.3, 0.4) is 0 Å². The first kappa shape index (κ1) is 27.9. The monoisotopic (exact) mass is 557 g/mol. The number of hydrogen-bond donors (Lipinski definition) is 3. The Kier molecular flexibility index (Phi) is 7.50.